The molecule has 3 atom stereocenters. The number of terminal acetylenes is 1. The molecule has 18 heavy (non-hydrogen) atoms. The number of hydrogen-bond donors (Lipinski definition) is 0. The van der Waals surface area contributed by atoms with Crippen molar-refractivity contribution >= 4 is 8.32 Å². The molecule has 0 aromatic carbocycles. The van der Waals surface area contributed by atoms with Gasteiger partial charge < -0.3 is 4.43 Å². The summed E-state index contributed by atoms with van der Waals surface area (Å²) >= 11 is 0. The standard InChI is InChI=1S/C16H30OSi/c1-10-12-13(3)14(4)15(11-2)17-18(8,9)16(5,6)7/h1,11,13-15H,2,12H2,3-9H3/t13-,14+,15-/m1/s1. The van der Waals surface area contributed by atoms with Crippen molar-refractivity contribution in [2.75, 3.05) is 0 Å². The van der Waals surface area contributed by atoms with Gasteiger partial charge in [-0.1, -0.05) is 40.7 Å². The predicted molar refractivity (Wildman–Crippen MR) is 84.0 cm³/mol. The Morgan fingerprint density at radius 1 is 1.33 bits per heavy atom. The van der Waals surface area contributed by atoms with Crippen LogP contribution in [0.5, 0.6) is 0 Å². The maximum atomic E-state index is 6.43. The summed E-state index contributed by atoms with van der Waals surface area (Å²) in [5.41, 5.74) is 0. The zero-order valence-corrected chi connectivity index (χ0v) is 14.2. The van der Waals surface area contributed by atoms with Crippen LogP contribution in [0.4, 0.5) is 0 Å². The van der Waals surface area contributed by atoms with Crippen LogP contribution >= 0.6 is 0 Å². The molecule has 1 nitrogen and oxygen atoms in total. The van der Waals surface area contributed by atoms with Crippen molar-refractivity contribution in [3.63, 3.8) is 0 Å². The van der Waals surface area contributed by atoms with E-state index in [-0.39, 0.29) is 11.1 Å². The van der Waals surface area contributed by atoms with Gasteiger partial charge in [-0.05, 0) is 30.0 Å². The van der Waals surface area contributed by atoms with Crippen molar-refractivity contribution in [1.29, 1.82) is 0 Å². The fourth-order valence-corrected chi connectivity index (χ4v) is 2.93. The second-order valence-electron chi connectivity index (χ2n) is 6.82. The van der Waals surface area contributed by atoms with Crippen LogP contribution < -0.4 is 0 Å². The van der Waals surface area contributed by atoms with Gasteiger partial charge in [0.15, 0.2) is 8.32 Å². The van der Waals surface area contributed by atoms with Crippen LogP contribution in [0, 0.1) is 24.2 Å². The van der Waals surface area contributed by atoms with Crippen LogP contribution in [0.15, 0.2) is 12.7 Å². The Kier molecular flexibility index (Phi) is 6.40. The van der Waals surface area contributed by atoms with Gasteiger partial charge in [-0.25, -0.2) is 0 Å². The van der Waals surface area contributed by atoms with Crippen LogP contribution in [0.25, 0.3) is 0 Å². The number of rotatable bonds is 6. The summed E-state index contributed by atoms with van der Waals surface area (Å²) in [6.07, 6.45) is 8.24. The number of hydrogen-bond acceptors (Lipinski definition) is 1. The van der Waals surface area contributed by atoms with E-state index in [0.29, 0.717) is 11.8 Å². The monoisotopic (exact) mass is 266 g/mol. The van der Waals surface area contributed by atoms with Crippen LogP contribution in [0.2, 0.25) is 18.1 Å². The summed E-state index contributed by atoms with van der Waals surface area (Å²) in [5, 5.41) is 0.226. The molecule has 0 N–H and O–H groups in total. The Hall–Kier alpha value is -0.523. The second kappa shape index (κ2) is 6.59. The molecule has 0 unspecified atom stereocenters. The highest BCUT2D eigenvalue weighted by molar-refractivity contribution is 6.74. The molecule has 0 saturated heterocycles. The minimum absolute atomic E-state index is 0.106. The van der Waals surface area contributed by atoms with Crippen molar-refractivity contribution < 1.29 is 4.43 Å². The minimum Gasteiger partial charge on any atom is -0.410 e. The highest BCUT2D eigenvalue weighted by Crippen LogP contribution is 2.38. The normalized spacial score (nSPS) is 17.7. The van der Waals surface area contributed by atoms with Crippen LogP contribution in [-0.4, -0.2) is 14.4 Å². The summed E-state index contributed by atoms with van der Waals surface area (Å²) < 4.78 is 6.43. The third kappa shape index (κ3) is 4.63. The molecule has 0 aromatic rings. The van der Waals surface area contributed by atoms with Crippen molar-refractivity contribution in [2.45, 2.75) is 65.3 Å². The Balaban J connectivity index is 4.82. The zero-order chi connectivity index (χ0) is 14.6. The molecule has 0 saturated carbocycles. The second-order valence-corrected chi connectivity index (χ2v) is 11.6. The topological polar surface area (TPSA) is 9.23 Å². The maximum absolute atomic E-state index is 6.43. The van der Waals surface area contributed by atoms with E-state index in [1.165, 1.54) is 0 Å². The van der Waals surface area contributed by atoms with E-state index in [0.717, 1.165) is 6.42 Å². The molecular formula is C16H30OSi. The molecule has 0 aliphatic carbocycles. The first-order valence-corrected chi connectivity index (χ1v) is 9.71. The molecule has 0 aliphatic heterocycles. The van der Waals surface area contributed by atoms with Gasteiger partial charge in [0.2, 0.25) is 0 Å². The maximum Gasteiger partial charge on any atom is 0.192 e. The zero-order valence-electron chi connectivity index (χ0n) is 13.2. The fourth-order valence-electron chi connectivity index (χ4n) is 1.58. The predicted octanol–water partition coefficient (Wildman–Crippen LogP) is 4.86. The van der Waals surface area contributed by atoms with Gasteiger partial charge in [0.05, 0.1) is 6.10 Å². The van der Waals surface area contributed by atoms with Crippen LogP contribution in [0.1, 0.15) is 41.0 Å². The van der Waals surface area contributed by atoms with Gasteiger partial charge >= 0.3 is 0 Å². The average Bonchev–Trinajstić information content (AvgIpc) is 2.23. The molecule has 104 valence electrons. The molecule has 2 heteroatoms. The Morgan fingerprint density at radius 2 is 1.83 bits per heavy atom. The molecule has 0 aromatic heterocycles. The van der Waals surface area contributed by atoms with E-state index < -0.39 is 8.32 Å². The molecule has 0 heterocycles. The lowest BCUT2D eigenvalue weighted by Crippen LogP contribution is -2.45. The lowest BCUT2D eigenvalue weighted by molar-refractivity contribution is 0.137. The van der Waals surface area contributed by atoms with Crippen LogP contribution in [0.3, 0.4) is 0 Å². The molecule has 0 radical (unpaired) electrons. The third-order valence-corrected chi connectivity index (χ3v) is 8.80. The highest BCUT2D eigenvalue weighted by atomic mass is 28.4. The van der Waals surface area contributed by atoms with Gasteiger partial charge in [0, 0.05) is 6.42 Å². The van der Waals surface area contributed by atoms with Gasteiger partial charge in [-0.2, -0.15) is 0 Å². The molecule has 0 aliphatic rings. The highest BCUT2D eigenvalue weighted by Gasteiger charge is 2.39. The van der Waals surface area contributed by atoms with Gasteiger partial charge in [0.25, 0.3) is 0 Å². The van der Waals surface area contributed by atoms with Gasteiger partial charge in [-0.15, -0.1) is 18.9 Å². The summed E-state index contributed by atoms with van der Waals surface area (Å²) in [6, 6.07) is 0. The Labute approximate surface area is 115 Å². The summed E-state index contributed by atoms with van der Waals surface area (Å²) in [6.45, 7) is 19.7. The summed E-state index contributed by atoms with van der Waals surface area (Å²) in [4.78, 5) is 0. The van der Waals surface area contributed by atoms with E-state index in [9.17, 15) is 0 Å². The molecular weight excluding hydrogens is 236 g/mol. The molecule has 0 spiro atoms. The lowest BCUT2D eigenvalue weighted by Gasteiger charge is -2.41. The van der Waals surface area contributed by atoms with E-state index >= 15 is 0 Å². The quantitative estimate of drug-likeness (QED) is 0.379. The first-order valence-electron chi connectivity index (χ1n) is 6.80. The Bertz CT molecular complexity index is 306. The molecule has 0 amide bonds. The van der Waals surface area contributed by atoms with Gasteiger partial charge in [-0.3, -0.25) is 0 Å². The van der Waals surface area contributed by atoms with E-state index in [4.69, 9.17) is 10.8 Å². The first kappa shape index (κ1) is 17.5. The van der Waals surface area contributed by atoms with Crippen molar-refractivity contribution in [3.8, 4) is 12.3 Å². The Morgan fingerprint density at radius 3 is 2.17 bits per heavy atom. The SMILES string of the molecule is C#CC[C@@H](C)[C@H](C)[C@@H](C=C)O[Si](C)(C)C(C)(C)C. The van der Waals surface area contributed by atoms with Crippen molar-refractivity contribution in [2.24, 2.45) is 11.8 Å². The average molecular weight is 267 g/mol. The summed E-state index contributed by atoms with van der Waals surface area (Å²) in [7, 11) is -1.74. The van der Waals surface area contributed by atoms with Crippen LogP contribution in [-0.2, 0) is 4.43 Å². The molecule has 0 rings (SSSR count). The van der Waals surface area contributed by atoms with Crippen molar-refractivity contribution in [3.05, 3.63) is 12.7 Å². The van der Waals surface area contributed by atoms with Gasteiger partial charge in [0.1, 0.15) is 0 Å². The van der Waals surface area contributed by atoms with Crippen molar-refractivity contribution in [1.82, 2.24) is 0 Å². The molecule has 0 fully saturated rings. The first-order chi connectivity index (χ1) is 8.06. The summed E-state index contributed by atoms with van der Waals surface area (Å²) in [5.74, 6) is 3.61. The van der Waals surface area contributed by atoms with E-state index in [1.807, 2.05) is 6.08 Å². The van der Waals surface area contributed by atoms with E-state index in [1.54, 1.807) is 0 Å². The van der Waals surface area contributed by atoms with E-state index in [2.05, 4.69) is 60.2 Å². The molecule has 0 bridgehead atoms. The fraction of sp³-hybridized carbons (Fsp3) is 0.750. The third-order valence-electron chi connectivity index (χ3n) is 4.32. The minimum atomic E-state index is -1.74. The lowest BCUT2D eigenvalue weighted by atomic mass is 9.88. The smallest absolute Gasteiger partial charge is 0.192 e. The largest absolute Gasteiger partial charge is 0.410 e.